The predicted octanol–water partition coefficient (Wildman–Crippen LogP) is 6.20. The molecule has 5 rings (SSSR count). The van der Waals surface area contributed by atoms with Gasteiger partial charge in [0, 0.05) is 56.4 Å². The number of hydrogen-bond donors (Lipinski definition) is 1. The van der Waals surface area contributed by atoms with Crippen LogP contribution in [0.5, 0.6) is 0 Å². The van der Waals surface area contributed by atoms with Crippen LogP contribution in [0.3, 0.4) is 0 Å². The molecule has 2 aromatic carbocycles. The molecule has 0 spiro atoms. The number of aromatic nitrogens is 3. The quantitative estimate of drug-likeness (QED) is 0.245. The Kier molecular flexibility index (Phi) is 9.87. The minimum atomic E-state index is -4.63. The van der Waals surface area contributed by atoms with Crippen molar-refractivity contribution in [2.45, 2.75) is 57.6 Å². The van der Waals surface area contributed by atoms with E-state index < -0.39 is 43.8 Å². The summed E-state index contributed by atoms with van der Waals surface area (Å²) in [5.41, 5.74) is 0.0545. The molecule has 16 heteroatoms. The molecule has 1 N–H and O–H groups in total. The van der Waals surface area contributed by atoms with E-state index in [1.807, 2.05) is 31.7 Å². The summed E-state index contributed by atoms with van der Waals surface area (Å²) in [7, 11) is -3.27. The third-order valence-corrected chi connectivity index (χ3v) is 8.86. The molecule has 0 unspecified atom stereocenters. The van der Waals surface area contributed by atoms with Gasteiger partial charge in [-0.05, 0) is 77.4 Å². The summed E-state index contributed by atoms with van der Waals surface area (Å²) in [6.45, 7) is 12.3. The Morgan fingerprint density at radius 3 is 2.18 bits per heavy atom. The van der Waals surface area contributed by atoms with Crippen LogP contribution in [0, 0.1) is 11.6 Å². The fourth-order valence-electron chi connectivity index (χ4n) is 5.17. The Hall–Kier alpha value is -5.12. The van der Waals surface area contributed by atoms with Crippen molar-refractivity contribution in [2.75, 3.05) is 47.7 Å². The van der Waals surface area contributed by atoms with Crippen LogP contribution >= 0.6 is 0 Å². The number of pyridine rings is 1. The summed E-state index contributed by atoms with van der Waals surface area (Å²) in [6, 6.07) is 8.93. The number of carbonyl (C=O) groups is 2. The van der Waals surface area contributed by atoms with Crippen LogP contribution in [0.4, 0.5) is 35.7 Å². The highest BCUT2D eigenvalue weighted by molar-refractivity contribution is 7.92. The maximum Gasteiger partial charge on any atom is 0.415 e. The van der Waals surface area contributed by atoms with Gasteiger partial charge in [0.1, 0.15) is 39.9 Å². The number of rotatable bonds is 6. The molecule has 2 aromatic heterocycles. The van der Waals surface area contributed by atoms with E-state index in [-0.39, 0.29) is 17.6 Å². The lowest BCUT2D eigenvalue weighted by Crippen LogP contribution is -2.50. The zero-order valence-corrected chi connectivity index (χ0v) is 29.6. The zero-order chi connectivity index (χ0) is 36.6. The highest BCUT2D eigenvalue weighted by Crippen LogP contribution is 2.34. The van der Waals surface area contributed by atoms with Crippen molar-refractivity contribution < 1.29 is 36.3 Å². The highest BCUT2D eigenvalue weighted by Gasteiger charge is 2.29. The molecule has 4 aromatic rings. The fourth-order valence-corrected chi connectivity index (χ4v) is 6.28. The van der Waals surface area contributed by atoms with Crippen LogP contribution in [-0.2, 0) is 19.5 Å². The monoisotopic (exact) mass is 711 g/mol. The maximum atomic E-state index is 14.6. The maximum absolute atomic E-state index is 14.6. The van der Waals surface area contributed by atoms with Gasteiger partial charge in [-0.3, -0.25) is 9.62 Å². The Labute approximate surface area is 289 Å². The number of amides is 2. The second-order valence-electron chi connectivity index (χ2n) is 13.7. The minimum Gasteiger partial charge on any atom is -0.444 e. The van der Waals surface area contributed by atoms with Crippen LogP contribution in [0.1, 0.15) is 41.5 Å². The van der Waals surface area contributed by atoms with E-state index in [1.165, 1.54) is 25.6 Å². The number of piperazine rings is 1. The lowest BCUT2D eigenvalue weighted by molar-refractivity contribution is 0.0240. The first-order valence-corrected chi connectivity index (χ1v) is 17.2. The molecule has 1 aliphatic rings. The van der Waals surface area contributed by atoms with Crippen LogP contribution in [0.15, 0.2) is 59.9 Å². The van der Waals surface area contributed by atoms with Crippen LogP contribution in [0.2, 0.25) is 0 Å². The van der Waals surface area contributed by atoms with E-state index in [0.717, 1.165) is 17.0 Å². The molecular weight excluding hydrogens is 672 g/mol. The molecule has 0 atom stereocenters. The highest BCUT2D eigenvalue weighted by atomic mass is 32.2. The summed E-state index contributed by atoms with van der Waals surface area (Å²) in [6.07, 6.45) is 1.72. The molecule has 13 nitrogen and oxygen atoms in total. The van der Waals surface area contributed by atoms with E-state index >= 15 is 0 Å². The second kappa shape index (κ2) is 13.7. The summed E-state index contributed by atoms with van der Waals surface area (Å²) in [5, 5.41) is 0.696. The standard InChI is InChI=1S/C34H39F2N7O6S/c1-33(2,3)48-31(44)41(7)30-27(40-50(46,47)28-11-9-23(35)18-25(28)36)17-22(19-37-30)21-8-10-26-24(16-21)29(39-20-38-26)42-12-14-43(15-13-42)32(45)49-34(4,5)6/h8-11,16-20,40H,12-15H2,1-7H3. The lowest BCUT2D eigenvalue weighted by atomic mass is 10.0. The van der Waals surface area contributed by atoms with Gasteiger partial charge in [0.25, 0.3) is 10.0 Å². The molecule has 0 aliphatic carbocycles. The topological polar surface area (TPSA) is 147 Å². The van der Waals surface area contributed by atoms with Crippen molar-refractivity contribution in [2.24, 2.45) is 0 Å². The predicted molar refractivity (Wildman–Crippen MR) is 185 cm³/mol. The Balaban J connectivity index is 1.51. The van der Waals surface area contributed by atoms with E-state index in [0.29, 0.717) is 60.1 Å². The van der Waals surface area contributed by atoms with E-state index in [9.17, 15) is 26.8 Å². The van der Waals surface area contributed by atoms with Crippen molar-refractivity contribution in [1.29, 1.82) is 0 Å². The van der Waals surface area contributed by atoms with Crippen molar-refractivity contribution in [3.63, 3.8) is 0 Å². The molecule has 1 saturated heterocycles. The van der Waals surface area contributed by atoms with E-state index in [1.54, 1.807) is 37.8 Å². The van der Waals surface area contributed by atoms with Gasteiger partial charge in [-0.2, -0.15) is 0 Å². The fraction of sp³-hybridized carbons (Fsp3) is 0.382. The molecule has 266 valence electrons. The zero-order valence-electron chi connectivity index (χ0n) is 28.8. The molecular formula is C34H39F2N7O6S. The van der Waals surface area contributed by atoms with Crippen LogP contribution < -0.4 is 14.5 Å². The van der Waals surface area contributed by atoms with Gasteiger partial charge in [0.05, 0.1) is 11.2 Å². The Morgan fingerprint density at radius 2 is 1.54 bits per heavy atom. The van der Waals surface area contributed by atoms with Crippen molar-refractivity contribution in [3.05, 3.63) is 66.6 Å². The number of hydrogen-bond acceptors (Lipinski definition) is 10. The number of carbonyl (C=O) groups excluding carboxylic acids is 2. The van der Waals surface area contributed by atoms with Gasteiger partial charge in [0.15, 0.2) is 5.82 Å². The summed E-state index contributed by atoms with van der Waals surface area (Å²) < 4.78 is 68.3. The SMILES string of the molecule is CN(C(=O)OC(C)(C)C)c1ncc(-c2ccc3ncnc(N4CCN(C(=O)OC(C)(C)C)CC4)c3c2)cc1NS(=O)(=O)c1ccc(F)cc1F. The molecule has 0 saturated carbocycles. The minimum absolute atomic E-state index is 0.123. The van der Waals surface area contributed by atoms with E-state index in [4.69, 9.17) is 9.47 Å². The van der Waals surface area contributed by atoms with Gasteiger partial charge >= 0.3 is 12.2 Å². The first-order chi connectivity index (χ1) is 23.3. The van der Waals surface area contributed by atoms with Crippen molar-refractivity contribution in [1.82, 2.24) is 19.9 Å². The molecule has 1 fully saturated rings. The molecule has 3 heterocycles. The van der Waals surface area contributed by atoms with Crippen molar-refractivity contribution >= 4 is 50.4 Å². The molecule has 0 bridgehead atoms. The Morgan fingerprint density at radius 1 is 0.860 bits per heavy atom. The van der Waals surface area contributed by atoms with Crippen LogP contribution in [0.25, 0.3) is 22.0 Å². The summed E-state index contributed by atoms with van der Waals surface area (Å²) in [4.78, 5) is 42.9. The molecule has 1 aliphatic heterocycles. The number of halogens is 2. The summed E-state index contributed by atoms with van der Waals surface area (Å²) >= 11 is 0. The van der Waals surface area contributed by atoms with E-state index in [2.05, 4.69) is 19.7 Å². The number of fused-ring (bicyclic) bond motifs is 1. The van der Waals surface area contributed by atoms with Gasteiger partial charge in [0.2, 0.25) is 0 Å². The third-order valence-electron chi connectivity index (χ3n) is 7.46. The largest absolute Gasteiger partial charge is 0.444 e. The second-order valence-corrected chi connectivity index (χ2v) is 15.3. The third kappa shape index (κ3) is 8.35. The number of nitrogens with one attached hydrogen (secondary N) is 1. The average molecular weight is 712 g/mol. The molecule has 0 radical (unpaired) electrons. The van der Waals surface area contributed by atoms with Crippen LogP contribution in [-0.4, -0.2) is 84.9 Å². The number of benzene rings is 2. The van der Waals surface area contributed by atoms with Gasteiger partial charge in [-0.25, -0.2) is 41.7 Å². The molecule has 50 heavy (non-hydrogen) atoms. The number of anilines is 3. The van der Waals surface area contributed by atoms with Gasteiger partial charge in [-0.1, -0.05) is 6.07 Å². The summed E-state index contributed by atoms with van der Waals surface area (Å²) in [5.74, 6) is -1.72. The molecule has 2 amide bonds. The first kappa shape index (κ1) is 36.2. The normalized spacial score (nSPS) is 14.0. The number of sulfonamides is 1. The lowest BCUT2D eigenvalue weighted by Gasteiger charge is -2.36. The number of ether oxygens (including phenoxy) is 2. The van der Waals surface area contributed by atoms with Gasteiger partial charge < -0.3 is 19.3 Å². The number of nitrogens with zero attached hydrogens (tertiary/aromatic N) is 6. The average Bonchev–Trinajstić information content (AvgIpc) is 3.02. The van der Waals surface area contributed by atoms with Crippen molar-refractivity contribution in [3.8, 4) is 11.1 Å². The van der Waals surface area contributed by atoms with Gasteiger partial charge in [-0.15, -0.1) is 0 Å². The Bertz CT molecular complexity index is 2040. The first-order valence-electron chi connectivity index (χ1n) is 15.7. The smallest absolute Gasteiger partial charge is 0.415 e.